The molecule has 10 heteroatoms. The zero-order valence-electron chi connectivity index (χ0n) is 14.0. The van der Waals surface area contributed by atoms with Gasteiger partial charge < -0.3 is 10.1 Å². The molecule has 2 fully saturated rings. The van der Waals surface area contributed by atoms with E-state index in [0.29, 0.717) is 12.8 Å². The molecule has 0 aliphatic carbocycles. The van der Waals surface area contributed by atoms with Crippen molar-refractivity contribution in [3.8, 4) is 5.75 Å². The zero-order valence-corrected chi connectivity index (χ0v) is 14.8. The fraction of sp³-hybridized carbons (Fsp3) is 0.562. The van der Waals surface area contributed by atoms with Crippen molar-refractivity contribution < 1.29 is 31.1 Å². The predicted molar refractivity (Wildman–Crippen MR) is 87.1 cm³/mol. The van der Waals surface area contributed by atoms with Gasteiger partial charge in [0, 0.05) is 23.7 Å². The lowest BCUT2D eigenvalue weighted by Crippen LogP contribution is -2.52. The molecule has 2 bridgehead atoms. The van der Waals surface area contributed by atoms with Gasteiger partial charge in [-0.05, 0) is 43.9 Å². The number of hydrogen-bond acceptors (Lipinski definition) is 4. The molecule has 26 heavy (non-hydrogen) atoms. The number of carbonyl (C=O) groups excluding carboxylic acids is 1. The highest BCUT2D eigenvalue weighted by molar-refractivity contribution is 7.88. The molecule has 0 saturated carbocycles. The molecule has 1 aromatic carbocycles. The number of benzene rings is 1. The maximum Gasteiger partial charge on any atom is 0.573 e. The number of carbonyl (C=O) groups is 1. The van der Waals surface area contributed by atoms with Crippen molar-refractivity contribution in [3.05, 3.63) is 29.8 Å². The molecule has 6 nitrogen and oxygen atoms in total. The molecular formula is C16H19F3N2O4S. The number of ether oxygens (including phenoxy) is 1. The number of nitrogens with one attached hydrogen (secondary N) is 1. The largest absolute Gasteiger partial charge is 0.573 e. The monoisotopic (exact) mass is 392 g/mol. The highest BCUT2D eigenvalue weighted by Crippen LogP contribution is 2.37. The number of nitrogens with zero attached hydrogens (tertiary/aromatic N) is 1. The highest BCUT2D eigenvalue weighted by atomic mass is 32.2. The van der Waals surface area contributed by atoms with Crippen LogP contribution in [0.2, 0.25) is 0 Å². The molecule has 1 amide bonds. The van der Waals surface area contributed by atoms with Gasteiger partial charge in [-0.25, -0.2) is 8.42 Å². The summed E-state index contributed by atoms with van der Waals surface area (Å²) in [5.41, 5.74) is 0.0599. The van der Waals surface area contributed by atoms with Crippen molar-refractivity contribution in [1.82, 2.24) is 9.62 Å². The Morgan fingerprint density at radius 1 is 1.23 bits per heavy atom. The zero-order chi connectivity index (χ0) is 19.1. The van der Waals surface area contributed by atoms with Gasteiger partial charge in [0.25, 0.3) is 5.91 Å². The van der Waals surface area contributed by atoms with Crippen LogP contribution in [0, 0.1) is 0 Å². The maximum atomic E-state index is 12.4. The summed E-state index contributed by atoms with van der Waals surface area (Å²) in [4.78, 5) is 12.4. The highest BCUT2D eigenvalue weighted by Gasteiger charge is 2.45. The molecule has 0 spiro atoms. The first-order chi connectivity index (χ1) is 12.0. The van der Waals surface area contributed by atoms with Crippen molar-refractivity contribution in [1.29, 1.82) is 0 Å². The normalized spacial score (nSPS) is 26.5. The van der Waals surface area contributed by atoms with Crippen LogP contribution in [0.15, 0.2) is 24.3 Å². The third-order valence-corrected chi connectivity index (χ3v) is 6.08. The van der Waals surface area contributed by atoms with Gasteiger partial charge in [-0.2, -0.15) is 4.31 Å². The summed E-state index contributed by atoms with van der Waals surface area (Å²) in [5, 5.41) is 2.80. The predicted octanol–water partition coefficient (Wildman–Crippen LogP) is 2.27. The Balaban J connectivity index is 1.66. The summed E-state index contributed by atoms with van der Waals surface area (Å²) in [6.07, 6.45) is -1.16. The SMILES string of the molecule is CS(=O)(=O)N1C2CCC1CC(NC(=O)c1cccc(OC(F)(F)F)c1)C2. The Morgan fingerprint density at radius 3 is 2.38 bits per heavy atom. The Bertz CT molecular complexity index is 783. The van der Waals surface area contributed by atoms with E-state index in [0.717, 1.165) is 25.0 Å². The number of sulfonamides is 1. The Morgan fingerprint density at radius 2 is 1.85 bits per heavy atom. The summed E-state index contributed by atoms with van der Waals surface area (Å²) in [6.45, 7) is 0. The second-order valence-electron chi connectivity index (χ2n) is 6.70. The van der Waals surface area contributed by atoms with Gasteiger partial charge in [-0.15, -0.1) is 13.2 Å². The molecule has 2 atom stereocenters. The van der Waals surface area contributed by atoms with Gasteiger partial charge in [0.1, 0.15) is 5.75 Å². The van der Waals surface area contributed by atoms with Crippen LogP contribution in [-0.2, 0) is 10.0 Å². The minimum absolute atomic E-state index is 0.0599. The first-order valence-corrected chi connectivity index (χ1v) is 10.0. The van der Waals surface area contributed by atoms with Crippen molar-refractivity contribution in [2.75, 3.05) is 6.26 Å². The number of fused-ring (bicyclic) bond motifs is 2. The molecule has 0 radical (unpaired) electrons. The Hall–Kier alpha value is -1.81. The van der Waals surface area contributed by atoms with E-state index in [2.05, 4.69) is 10.1 Å². The van der Waals surface area contributed by atoms with Crippen LogP contribution < -0.4 is 10.1 Å². The van der Waals surface area contributed by atoms with E-state index >= 15 is 0 Å². The fourth-order valence-corrected chi connectivity index (χ4v) is 5.36. The first-order valence-electron chi connectivity index (χ1n) is 8.18. The van der Waals surface area contributed by atoms with Crippen molar-refractivity contribution in [2.24, 2.45) is 0 Å². The van der Waals surface area contributed by atoms with E-state index in [1.807, 2.05) is 0 Å². The standard InChI is InChI=1S/C16H19F3N2O4S/c1-26(23,24)21-12-5-6-13(21)9-11(8-12)20-15(22)10-3-2-4-14(7-10)25-16(17,18)19/h2-4,7,11-13H,5-6,8-9H2,1H3,(H,20,22). The Labute approximate surface area is 149 Å². The quantitative estimate of drug-likeness (QED) is 0.853. The van der Waals surface area contributed by atoms with E-state index < -0.39 is 28.0 Å². The molecule has 2 saturated heterocycles. The fourth-order valence-electron chi connectivity index (χ4n) is 3.90. The molecule has 2 aliphatic rings. The topological polar surface area (TPSA) is 75.7 Å². The summed E-state index contributed by atoms with van der Waals surface area (Å²) in [6, 6.07) is 4.36. The van der Waals surface area contributed by atoms with Gasteiger partial charge in [-0.3, -0.25) is 4.79 Å². The van der Waals surface area contributed by atoms with Crippen molar-refractivity contribution >= 4 is 15.9 Å². The van der Waals surface area contributed by atoms with Gasteiger partial charge in [0.2, 0.25) is 10.0 Å². The van der Waals surface area contributed by atoms with E-state index in [-0.39, 0.29) is 23.7 Å². The molecule has 2 unspecified atom stereocenters. The summed E-state index contributed by atoms with van der Waals surface area (Å²) < 4.78 is 66.0. The number of hydrogen-bond donors (Lipinski definition) is 1. The number of amides is 1. The first kappa shape index (κ1) is 19.0. The van der Waals surface area contributed by atoms with E-state index in [9.17, 15) is 26.4 Å². The van der Waals surface area contributed by atoms with Crippen LogP contribution in [0.25, 0.3) is 0 Å². The number of piperidine rings is 1. The molecular weight excluding hydrogens is 373 g/mol. The number of halogens is 3. The molecule has 2 aliphatic heterocycles. The van der Waals surface area contributed by atoms with Crippen LogP contribution in [0.4, 0.5) is 13.2 Å². The van der Waals surface area contributed by atoms with E-state index in [1.165, 1.54) is 22.7 Å². The van der Waals surface area contributed by atoms with Crippen molar-refractivity contribution in [3.63, 3.8) is 0 Å². The Kier molecular flexibility index (Phi) is 4.91. The number of alkyl halides is 3. The second-order valence-corrected chi connectivity index (χ2v) is 8.58. The lowest BCUT2D eigenvalue weighted by molar-refractivity contribution is -0.274. The smallest absolute Gasteiger partial charge is 0.406 e. The van der Waals surface area contributed by atoms with Crippen LogP contribution >= 0.6 is 0 Å². The van der Waals surface area contributed by atoms with Gasteiger partial charge >= 0.3 is 6.36 Å². The minimum atomic E-state index is -4.83. The van der Waals surface area contributed by atoms with Crippen LogP contribution in [0.5, 0.6) is 5.75 Å². The van der Waals surface area contributed by atoms with Gasteiger partial charge in [-0.1, -0.05) is 6.07 Å². The summed E-state index contributed by atoms with van der Waals surface area (Å²) in [7, 11) is -3.29. The van der Waals surface area contributed by atoms with E-state index in [1.54, 1.807) is 0 Å². The summed E-state index contributed by atoms with van der Waals surface area (Å²) >= 11 is 0. The molecule has 3 rings (SSSR count). The van der Waals surface area contributed by atoms with Crippen LogP contribution in [-0.4, -0.2) is 49.4 Å². The molecule has 1 aromatic rings. The third-order valence-electron chi connectivity index (χ3n) is 4.71. The molecule has 0 aromatic heterocycles. The summed E-state index contributed by atoms with van der Waals surface area (Å²) in [5.74, 6) is -0.966. The van der Waals surface area contributed by atoms with Crippen LogP contribution in [0.1, 0.15) is 36.0 Å². The van der Waals surface area contributed by atoms with Gasteiger partial charge in [0.05, 0.1) is 6.26 Å². The van der Waals surface area contributed by atoms with E-state index in [4.69, 9.17) is 0 Å². The molecule has 2 heterocycles. The third kappa shape index (κ3) is 4.29. The van der Waals surface area contributed by atoms with Crippen molar-refractivity contribution in [2.45, 2.75) is 50.2 Å². The molecule has 1 N–H and O–H groups in total. The lowest BCUT2D eigenvalue weighted by Gasteiger charge is -2.37. The number of rotatable bonds is 4. The molecule has 144 valence electrons. The maximum absolute atomic E-state index is 12.4. The lowest BCUT2D eigenvalue weighted by atomic mass is 9.99. The average Bonchev–Trinajstić information content (AvgIpc) is 2.78. The second kappa shape index (κ2) is 6.73. The van der Waals surface area contributed by atoms with Crippen LogP contribution in [0.3, 0.4) is 0 Å². The van der Waals surface area contributed by atoms with Gasteiger partial charge in [0.15, 0.2) is 0 Å². The average molecular weight is 392 g/mol. The minimum Gasteiger partial charge on any atom is -0.406 e.